The topological polar surface area (TPSA) is 75.5 Å². The number of carbonyl (C=O) groups excluding carboxylic acids is 1. The number of hydrogen-bond donors (Lipinski definition) is 0. The van der Waals surface area contributed by atoms with Crippen molar-refractivity contribution in [1.82, 2.24) is 13.9 Å². The molecule has 1 saturated heterocycles. The quantitative estimate of drug-likeness (QED) is 0.504. The summed E-state index contributed by atoms with van der Waals surface area (Å²) in [6.07, 6.45) is 2.83. The van der Waals surface area contributed by atoms with Crippen LogP contribution in [-0.4, -0.2) is 47.0 Å². The zero-order valence-corrected chi connectivity index (χ0v) is 20.9. The summed E-state index contributed by atoms with van der Waals surface area (Å²) < 4.78 is 42.6. The minimum Gasteiger partial charge on any atom is -0.323 e. The average Bonchev–Trinajstić information content (AvgIpc) is 3.53. The van der Waals surface area contributed by atoms with Gasteiger partial charge in [-0.1, -0.05) is 17.7 Å². The fourth-order valence-electron chi connectivity index (χ4n) is 5.72. The van der Waals surface area contributed by atoms with E-state index in [2.05, 4.69) is 4.57 Å². The van der Waals surface area contributed by atoms with Gasteiger partial charge in [-0.2, -0.15) is 0 Å². The molecular formula is C25H26ClFN4O3S. The molecule has 3 heterocycles. The van der Waals surface area contributed by atoms with Gasteiger partial charge in [-0.15, -0.1) is 0 Å². The summed E-state index contributed by atoms with van der Waals surface area (Å²) in [5, 5.41) is 0.569. The molecule has 1 aliphatic carbocycles. The van der Waals surface area contributed by atoms with Crippen molar-refractivity contribution in [2.24, 2.45) is 0 Å². The zero-order valence-electron chi connectivity index (χ0n) is 19.4. The van der Waals surface area contributed by atoms with Crippen molar-refractivity contribution in [3.63, 3.8) is 0 Å². The first-order valence-electron chi connectivity index (χ1n) is 12.0. The Balaban J connectivity index is 1.38. The van der Waals surface area contributed by atoms with E-state index >= 15 is 0 Å². The van der Waals surface area contributed by atoms with E-state index < -0.39 is 15.4 Å². The van der Waals surface area contributed by atoms with E-state index in [-0.39, 0.29) is 30.1 Å². The Kier molecular flexibility index (Phi) is 5.25. The molecule has 3 aliphatic rings. The molecule has 0 bridgehead atoms. The lowest BCUT2D eigenvalue weighted by molar-refractivity contribution is -0.120. The van der Waals surface area contributed by atoms with Crippen LogP contribution in [0.4, 0.5) is 10.1 Å². The maximum Gasteiger partial charge on any atom is 0.238 e. The van der Waals surface area contributed by atoms with Crippen LogP contribution in [0.2, 0.25) is 5.02 Å². The van der Waals surface area contributed by atoms with Gasteiger partial charge in [-0.25, -0.2) is 22.1 Å². The highest BCUT2D eigenvalue weighted by molar-refractivity contribution is 7.89. The molecule has 2 fully saturated rings. The molecule has 1 amide bonds. The van der Waals surface area contributed by atoms with Crippen LogP contribution in [0.25, 0.3) is 11.0 Å². The van der Waals surface area contributed by atoms with E-state index in [9.17, 15) is 17.6 Å². The molecule has 3 aromatic rings. The summed E-state index contributed by atoms with van der Waals surface area (Å²) in [6, 6.07) is 10.2. The fraction of sp³-hybridized carbons (Fsp3) is 0.440. The van der Waals surface area contributed by atoms with Crippen LogP contribution < -0.4 is 4.90 Å². The lowest BCUT2D eigenvalue weighted by Crippen LogP contribution is -2.40. The minimum atomic E-state index is -3.24. The lowest BCUT2D eigenvalue weighted by Gasteiger charge is -2.33. The molecule has 2 aliphatic heterocycles. The van der Waals surface area contributed by atoms with E-state index in [4.69, 9.17) is 16.6 Å². The molecule has 6 rings (SSSR count). The number of imidazole rings is 1. The average molecular weight is 517 g/mol. The van der Waals surface area contributed by atoms with Crippen molar-refractivity contribution < 1.29 is 17.6 Å². The molecule has 1 aromatic heterocycles. The fourth-order valence-corrected chi connectivity index (χ4v) is 7.02. The van der Waals surface area contributed by atoms with Gasteiger partial charge in [-0.05, 0) is 68.5 Å². The van der Waals surface area contributed by atoms with Crippen molar-refractivity contribution in [3.8, 4) is 0 Å². The van der Waals surface area contributed by atoms with Crippen LogP contribution in [0.5, 0.6) is 0 Å². The third-order valence-electron chi connectivity index (χ3n) is 7.74. The smallest absolute Gasteiger partial charge is 0.238 e. The van der Waals surface area contributed by atoms with Crippen LogP contribution in [-0.2, 0) is 26.8 Å². The Bertz CT molecular complexity index is 1460. The summed E-state index contributed by atoms with van der Waals surface area (Å²) in [7, 11) is -3.24. The first kappa shape index (κ1) is 22.9. The van der Waals surface area contributed by atoms with Crippen LogP contribution >= 0.6 is 11.6 Å². The summed E-state index contributed by atoms with van der Waals surface area (Å²) in [5.74, 6) is 0.410. The summed E-state index contributed by atoms with van der Waals surface area (Å²) in [6.45, 7) is 2.75. The summed E-state index contributed by atoms with van der Waals surface area (Å²) >= 11 is 6.25. The van der Waals surface area contributed by atoms with Gasteiger partial charge >= 0.3 is 0 Å². The number of aromatic nitrogens is 2. The molecule has 1 saturated carbocycles. The van der Waals surface area contributed by atoms with Gasteiger partial charge in [0.25, 0.3) is 0 Å². The van der Waals surface area contributed by atoms with Gasteiger partial charge in [0, 0.05) is 24.2 Å². The monoisotopic (exact) mass is 516 g/mol. The first-order chi connectivity index (χ1) is 16.7. The summed E-state index contributed by atoms with van der Waals surface area (Å²) in [5.41, 5.74) is 2.61. The van der Waals surface area contributed by atoms with Gasteiger partial charge in [0.2, 0.25) is 15.9 Å². The van der Waals surface area contributed by atoms with Crippen molar-refractivity contribution in [2.45, 2.75) is 50.6 Å². The Labute approximate surface area is 208 Å². The second kappa shape index (κ2) is 8.01. The maximum absolute atomic E-state index is 14.2. The molecule has 0 N–H and O–H groups in total. The molecule has 0 radical (unpaired) electrons. The molecule has 1 spiro atoms. The second-order valence-electron chi connectivity index (χ2n) is 9.70. The molecule has 7 nitrogen and oxygen atoms in total. The predicted octanol–water partition coefficient (Wildman–Crippen LogP) is 4.39. The van der Waals surface area contributed by atoms with Gasteiger partial charge in [0.1, 0.15) is 11.6 Å². The highest BCUT2D eigenvalue weighted by Gasteiger charge is 2.59. The first-order valence-corrected chi connectivity index (χ1v) is 14.0. The highest BCUT2D eigenvalue weighted by atomic mass is 35.5. The number of halogens is 2. The van der Waals surface area contributed by atoms with E-state index in [0.717, 1.165) is 29.4 Å². The molecule has 0 atom stereocenters. The number of sulfonamides is 1. The van der Waals surface area contributed by atoms with Crippen LogP contribution in [0, 0.1) is 5.82 Å². The zero-order chi connectivity index (χ0) is 24.5. The SMILES string of the molecule is CCS(=O)(=O)N1CCC(n2c(CN3C(=O)C4(CC4)c4ccc(F)cc43)nc3cc(Cl)ccc32)CC1. The molecule has 10 heteroatoms. The Morgan fingerprint density at radius 1 is 1.14 bits per heavy atom. The lowest BCUT2D eigenvalue weighted by atomic mass is 9.98. The van der Waals surface area contributed by atoms with Crippen LogP contribution in [0.15, 0.2) is 36.4 Å². The molecule has 184 valence electrons. The van der Waals surface area contributed by atoms with E-state index in [0.29, 0.717) is 42.5 Å². The number of amides is 1. The van der Waals surface area contributed by atoms with Crippen LogP contribution in [0.1, 0.15) is 50.0 Å². The van der Waals surface area contributed by atoms with E-state index in [1.807, 2.05) is 12.1 Å². The van der Waals surface area contributed by atoms with E-state index in [1.165, 1.54) is 12.1 Å². The van der Waals surface area contributed by atoms with Crippen molar-refractivity contribution in [3.05, 3.63) is 58.6 Å². The number of benzene rings is 2. The number of nitrogens with zero attached hydrogens (tertiary/aromatic N) is 4. The largest absolute Gasteiger partial charge is 0.323 e. The Morgan fingerprint density at radius 3 is 2.57 bits per heavy atom. The number of carbonyl (C=O) groups is 1. The molecule has 2 aromatic carbocycles. The highest BCUT2D eigenvalue weighted by Crippen LogP contribution is 2.57. The van der Waals surface area contributed by atoms with Gasteiger partial charge < -0.3 is 9.47 Å². The molecule has 35 heavy (non-hydrogen) atoms. The van der Waals surface area contributed by atoms with Crippen molar-refractivity contribution >= 4 is 44.3 Å². The Morgan fingerprint density at radius 2 is 1.89 bits per heavy atom. The molecule has 0 unspecified atom stereocenters. The van der Waals surface area contributed by atoms with Gasteiger partial charge in [0.05, 0.1) is 34.4 Å². The standard InChI is InChI=1S/C25H26ClFN4O3S/c1-2-35(33,34)29-11-7-18(8-12-29)31-21-6-3-16(26)13-20(21)28-23(31)15-30-22-14-17(27)4-5-19(22)25(9-10-25)24(30)32/h3-6,13-14,18H,2,7-12,15H2,1H3. The number of hydrogen-bond acceptors (Lipinski definition) is 4. The predicted molar refractivity (Wildman–Crippen MR) is 133 cm³/mol. The number of piperidine rings is 1. The van der Waals surface area contributed by atoms with Crippen molar-refractivity contribution in [2.75, 3.05) is 23.7 Å². The van der Waals surface area contributed by atoms with Gasteiger partial charge in [0.15, 0.2) is 0 Å². The third-order valence-corrected chi connectivity index (χ3v) is 9.86. The number of fused-ring (bicyclic) bond motifs is 3. The summed E-state index contributed by atoms with van der Waals surface area (Å²) in [4.78, 5) is 20.0. The second-order valence-corrected chi connectivity index (χ2v) is 12.4. The minimum absolute atomic E-state index is 0.00130. The Hall–Kier alpha value is -2.49. The van der Waals surface area contributed by atoms with Gasteiger partial charge in [-0.3, -0.25) is 4.79 Å². The van der Waals surface area contributed by atoms with E-state index in [1.54, 1.807) is 28.3 Å². The third kappa shape index (κ3) is 3.58. The number of rotatable bonds is 5. The van der Waals surface area contributed by atoms with Crippen molar-refractivity contribution in [1.29, 1.82) is 0 Å². The normalized spacial score (nSPS) is 20.2. The molecular weight excluding hydrogens is 491 g/mol. The number of anilines is 1. The maximum atomic E-state index is 14.2. The van der Waals surface area contributed by atoms with Crippen LogP contribution in [0.3, 0.4) is 0 Å².